The van der Waals surface area contributed by atoms with Crippen molar-refractivity contribution < 1.29 is 33.3 Å². The van der Waals surface area contributed by atoms with Crippen LogP contribution in [0.15, 0.2) is 73.1 Å². The second-order valence-corrected chi connectivity index (χ2v) is 11.4. The zero-order chi connectivity index (χ0) is 27.8. The van der Waals surface area contributed by atoms with Crippen LogP contribution in [-0.2, 0) is 10.5 Å². The van der Waals surface area contributed by atoms with E-state index in [2.05, 4.69) is 26.1 Å². The van der Waals surface area contributed by atoms with Crippen molar-refractivity contribution in [3.8, 4) is 11.5 Å². The molecule has 0 fully saturated rings. The molecule has 0 spiro atoms. The molecule has 5 rings (SSSR count). The number of thioether (sulfide) groups is 1. The number of nitrogens with zero attached hydrogens (tertiary/aromatic N) is 3. The molecule has 0 bridgehead atoms. The van der Waals surface area contributed by atoms with Crippen LogP contribution in [0.25, 0.3) is 0 Å². The van der Waals surface area contributed by atoms with Crippen molar-refractivity contribution in [3.05, 3.63) is 92.8 Å². The SMILES string of the molecule is COc1cc(C2C(C(=O)c3ccc(C)o3)=C(O)C(=O)N2c2nnc(SCc3ccc(F)cc3)s2)cc(Br)c1O. The lowest BCUT2D eigenvalue weighted by Crippen LogP contribution is -2.31. The molecule has 0 saturated carbocycles. The van der Waals surface area contributed by atoms with Gasteiger partial charge in [0.25, 0.3) is 5.91 Å². The summed E-state index contributed by atoms with van der Waals surface area (Å²) < 4.78 is 24.8. The lowest BCUT2D eigenvalue weighted by Gasteiger charge is -2.24. The fraction of sp³-hybridized carbons (Fsp3) is 0.154. The highest BCUT2D eigenvalue weighted by atomic mass is 79.9. The average Bonchev–Trinajstić information content (AvgIpc) is 3.63. The molecule has 39 heavy (non-hydrogen) atoms. The number of halogens is 2. The van der Waals surface area contributed by atoms with Crippen molar-refractivity contribution in [1.82, 2.24) is 10.2 Å². The number of carbonyl (C=O) groups excluding carboxylic acids is 2. The minimum Gasteiger partial charge on any atom is -0.503 e. The number of ether oxygens (including phenoxy) is 1. The first kappa shape index (κ1) is 26.9. The summed E-state index contributed by atoms with van der Waals surface area (Å²) in [6.07, 6.45) is 0. The maximum absolute atomic E-state index is 13.5. The van der Waals surface area contributed by atoms with Crippen LogP contribution in [0.1, 0.15) is 33.5 Å². The Bertz CT molecular complexity index is 1620. The summed E-state index contributed by atoms with van der Waals surface area (Å²) in [4.78, 5) is 28.1. The fourth-order valence-corrected chi connectivity index (χ4v) is 6.31. The molecule has 13 heteroatoms. The topological polar surface area (TPSA) is 126 Å². The summed E-state index contributed by atoms with van der Waals surface area (Å²) in [6.45, 7) is 1.67. The first-order valence-electron chi connectivity index (χ1n) is 11.3. The highest BCUT2D eigenvalue weighted by Crippen LogP contribution is 2.47. The van der Waals surface area contributed by atoms with E-state index in [1.165, 1.54) is 54.1 Å². The van der Waals surface area contributed by atoms with E-state index >= 15 is 0 Å². The summed E-state index contributed by atoms with van der Waals surface area (Å²) in [5.41, 5.74) is 1.01. The number of ketones is 1. The van der Waals surface area contributed by atoms with Gasteiger partial charge in [0, 0.05) is 5.75 Å². The van der Waals surface area contributed by atoms with E-state index in [0.29, 0.717) is 21.4 Å². The molecule has 1 aliphatic rings. The summed E-state index contributed by atoms with van der Waals surface area (Å²) in [7, 11) is 1.36. The van der Waals surface area contributed by atoms with Crippen LogP contribution in [0.5, 0.6) is 11.5 Å². The van der Waals surface area contributed by atoms with Gasteiger partial charge in [0.2, 0.25) is 10.9 Å². The summed E-state index contributed by atoms with van der Waals surface area (Å²) in [5, 5.41) is 29.8. The van der Waals surface area contributed by atoms with Crippen LogP contribution in [0.3, 0.4) is 0 Å². The zero-order valence-corrected chi connectivity index (χ0v) is 23.6. The number of furan rings is 1. The molecule has 4 aromatic rings. The molecule has 3 heterocycles. The molecule has 0 radical (unpaired) electrons. The number of aliphatic hydroxyl groups is 1. The molecule has 0 aliphatic carbocycles. The van der Waals surface area contributed by atoms with Crippen LogP contribution < -0.4 is 9.64 Å². The lowest BCUT2D eigenvalue weighted by atomic mass is 9.95. The first-order valence-corrected chi connectivity index (χ1v) is 13.9. The van der Waals surface area contributed by atoms with Gasteiger partial charge in [0.1, 0.15) is 11.6 Å². The molecule has 200 valence electrons. The highest BCUT2D eigenvalue weighted by Gasteiger charge is 2.47. The Hall–Kier alpha value is -3.68. The monoisotopic (exact) mass is 631 g/mol. The number of Topliss-reactive ketones (excluding diaryl/α,β-unsaturated/α-hetero) is 1. The second kappa shape index (κ2) is 10.8. The number of anilines is 1. The summed E-state index contributed by atoms with van der Waals surface area (Å²) >= 11 is 5.72. The number of aryl methyl sites for hydroxylation is 1. The number of amides is 1. The quantitative estimate of drug-likeness (QED) is 0.134. The van der Waals surface area contributed by atoms with E-state index in [4.69, 9.17) is 9.15 Å². The van der Waals surface area contributed by atoms with Gasteiger partial charge in [0.05, 0.1) is 23.2 Å². The number of carbonyl (C=O) groups is 2. The maximum atomic E-state index is 13.5. The largest absolute Gasteiger partial charge is 0.503 e. The van der Waals surface area contributed by atoms with Crippen molar-refractivity contribution in [1.29, 1.82) is 0 Å². The predicted octanol–water partition coefficient (Wildman–Crippen LogP) is 6.13. The van der Waals surface area contributed by atoms with Crippen LogP contribution in [0.4, 0.5) is 9.52 Å². The Labute approximate surface area is 238 Å². The number of phenols is 1. The number of phenolic OH excluding ortho intramolecular Hbond substituents is 1. The Kier molecular flexibility index (Phi) is 7.47. The van der Waals surface area contributed by atoms with Gasteiger partial charge in [-0.15, -0.1) is 10.2 Å². The van der Waals surface area contributed by atoms with E-state index in [1.807, 2.05) is 0 Å². The molecular formula is C26H19BrFN3O6S2. The van der Waals surface area contributed by atoms with Gasteiger partial charge in [-0.25, -0.2) is 4.39 Å². The number of benzene rings is 2. The Morgan fingerprint density at radius 3 is 2.62 bits per heavy atom. The maximum Gasteiger partial charge on any atom is 0.296 e. The zero-order valence-electron chi connectivity index (χ0n) is 20.3. The van der Waals surface area contributed by atoms with Crippen molar-refractivity contribution in [2.75, 3.05) is 12.0 Å². The van der Waals surface area contributed by atoms with Crippen molar-refractivity contribution in [2.45, 2.75) is 23.1 Å². The molecule has 9 nitrogen and oxygen atoms in total. The number of rotatable bonds is 8. The minimum atomic E-state index is -1.14. The molecule has 1 unspecified atom stereocenters. The number of hydrogen-bond donors (Lipinski definition) is 2. The molecule has 1 aliphatic heterocycles. The fourth-order valence-electron chi connectivity index (χ4n) is 4.03. The van der Waals surface area contributed by atoms with Gasteiger partial charge >= 0.3 is 0 Å². The number of aromatic hydroxyl groups is 1. The van der Waals surface area contributed by atoms with Crippen LogP contribution in [0.2, 0.25) is 0 Å². The Morgan fingerprint density at radius 2 is 1.95 bits per heavy atom. The van der Waals surface area contributed by atoms with Crippen molar-refractivity contribution >= 4 is 55.9 Å². The Balaban J connectivity index is 1.54. The first-order chi connectivity index (χ1) is 18.7. The third-order valence-electron chi connectivity index (χ3n) is 5.88. The third-order valence-corrected chi connectivity index (χ3v) is 8.61. The summed E-state index contributed by atoms with van der Waals surface area (Å²) in [5.74, 6) is -1.77. The number of hydrogen-bond acceptors (Lipinski definition) is 10. The van der Waals surface area contributed by atoms with E-state index < -0.39 is 23.5 Å². The lowest BCUT2D eigenvalue weighted by molar-refractivity contribution is -0.117. The molecule has 2 N–H and O–H groups in total. The van der Waals surface area contributed by atoms with Gasteiger partial charge in [-0.3, -0.25) is 14.5 Å². The molecule has 1 atom stereocenters. The van der Waals surface area contributed by atoms with Gasteiger partial charge in [0.15, 0.2) is 27.4 Å². The van der Waals surface area contributed by atoms with Gasteiger partial charge in [-0.1, -0.05) is 35.2 Å². The summed E-state index contributed by atoms with van der Waals surface area (Å²) in [6, 6.07) is 11.0. The predicted molar refractivity (Wildman–Crippen MR) is 146 cm³/mol. The highest BCUT2D eigenvalue weighted by molar-refractivity contribution is 9.10. The van der Waals surface area contributed by atoms with Gasteiger partial charge in [-0.05, 0) is 70.4 Å². The minimum absolute atomic E-state index is 0.0497. The third kappa shape index (κ3) is 5.16. The van der Waals surface area contributed by atoms with Crippen molar-refractivity contribution in [2.24, 2.45) is 0 Å². The smallest absolute Gasteiger partial charge is 0.296 e. The van der Waals surface area contributed by atoms with Gasteiger partial charge < -0.3 is 19.4 Å². The van der Waals surface area contributed by atoms with Crippen LogP contribution in [0, 0.1) is 12.7 Å². The molecule has 0 saturated heterocycles. The standard InChI is InChI=1S/C26H19BrFN3O6S2/c1-12-3-8-17(37-12)22(33)19-20(14-9-16(27)21(32)18(10-14)36-2)31(24(35)23(19)34)25-29-30-26(39-25)38-11-13-4-6-15(28)7-5-13/h3-10,20,32,34H,11H2,1-2H3. The van der Waals surface area contributed by atoms with E-state index in [-0.39, 0.29) is 38.3 Å². The van der Waals surface area contributed by atoms with Crippen LogP contribution in [-0.4, -0.2) is 39.2 Å². The van der Waals surface area contributed by atoms with E-state index in [0.717, 1.165) is 16.9 Å². The van der Waals surface area contributed by atoms with Crippen LogP contribution >= 0.6 is 39.0 Å². The molecular weight excluding hydrogens is 613 g/mol. The second-order valence-electron chi connectivity index (χ2n) is 8.40. The normalized spacial score (nSPS) is 15.3. The number of methoxy groups -OCH3 is 1. The van der Waals surface area contributed by atoms with Gasteiger partial charge in [-0.2, -0.15) is 0 Å². The van der Waals surface area contributed by atoms with Crippen molar-refractivity contribution in [3.63, 3.8) is 0 Å². The number of aromatic nitrogens is 2. The Morgan fingerprint density at radius 1 is 1.21 bits per heavy atom. The molecule has 2 aromatic heterocycles. The molecule has 2 aromatic carbocycles. The molecule has 1 amide bonds. The van der Waals surface area contributed by atoms with E-state index in [1.54, 1.807) is 25.1 Å². The average molecular weight is 632 g/mol. The van der Waals surface area contributed by atoms with E-state index in [9.17, 15) is 24.2 Å². The number of aliphatic hydroxyl groups excluding tert-OH is 1.